The van der Waals surface area contributed by atoms with Crippen LogP contribution in [0, 0.1) is 0 Å². The van der Waals surface area contributed by atoms with Gasteiger partial charge in [0.25, 0.3) is 5.91 Å². The first-order valence-corrected chi connectivity index (χ1v) is 9.83. The number of rotatable bonds is 4. The van der Waals surface area contributed by atoms with Gasteiger partial charge in [0.1, 0.15) is 5.60 Å². The number of hydrogen-bond acceptors (Lipinski definition) is 2. The van der Waals surface area contributed by atoms with Crippen LogP contribution in [-0.4, -0.2) is 11.0 Å². The molecular weight excluding hydrogens is 358 g/mol. The molecule has 1 heterocycles. The molecule has 0 radical (unpaired) electrons. The number of amides is 1. The Hall–Kier alpha value is -3.43. The summed E-state index contributed by atoms with van der Waals surface area (Å²) in [6.07, 6.45) is 0.359. The van der Waals surface area contributed by atoms with Gasteiger partial charge in [-0.3, -0.25) is 4.79 Å². The quantitative estimate of drug-likeness (QED) is 0.527. The van der Waals surface area contributed by atoms with Gasteiger partial charge in [-0.1, -0.05) is 97.1 Å². The van der Waals surface area contributed by atoms with Crippen molar-refractivity contribution in [2.24, 2.45) is 0 Å². The molecule has 29 heavy (non-hydrogen) atoms. The summed E-state index contributed by atoms with van der Waals surface area (Å²) < 4.78 is 0. The Kier molecular flexibility index (Phi) is 4.18. The molecule has 0 saturated carbocycles. The van der Waals surface area contributed by atoms with Crippen LogP contribution in [0.25, 0.3) is 10.8 Å². The lowest BCUT2D eigenvalue weighted by Crippen LogP contribution is -2.33. The smallest absolute Gasteiger partial charge is 0.252 e. The van der Waals surface area contributed by atoms with E-state index in [9.17, 15) is 9.90 Å². The normalized spacial score (nSPS) is 15.9. The van der Waals surface area contributed by atoms with Crippen LogP contribution in [0.5, 0.6) is 0 Å². The maximum absolute atomic E-state index is 12.9. The predicted octanol–water partition coefficient (Wildman–Crippen LogP) is 4.95. The van der Waals surface area contributed by atoms with Crippen molar-refractivity contribution >= 4 is 16.7 Å². The highest BCUT2D eigenvalue weighted by Gasteiger charge is 2.39. The molecule has 3 nitrogen and oxygen atoms in total. The fourth-order valence-corrected chi connectivity index (χ4v) is 4.43. The number of nitrogens with one attached hydrogen (secondary N) is 1. The summed E-state index contributed by atoms with van der Waals surface area (Å²) in [4.78, 5) is 12.9. The van der Waals surface area contributed by atoms with Crippen LogP contribution >= 0.6 is 0 Å². The molecule has 1 aliphatic rings. The van der Waals surface area contributed by atoms with E-state index in [1.807, 2.05) is 97.1 Å². The first-order valence-electron chi connectivity index (χ1n) is 9.83. The minimum atomic E-state index is -1.21. The average Bonchev–Trinajstić information content (AvgIpc) is 3.10. The zero-order valence-electron chi connectivity index (χ0n) is 15.9. The highest BCUT2D eigenvalue weighted by atomic mass is 16.3. The molecule has 0 saturated heterocycles. The van der Waals surface area contributed by atoms with Crippen LogP contribution in [-0.2, 0) is 5.60 Å². The van der Waals surface area contributed by atoms with Gasteiger partial charge in [0.15, 0.2) is 0 Å². The van der Waals surface area contributed by atoms with Crippen molar-refractivity contribution in [1.82, 2.24) is 5.32 Å². The van der Waals surface area contributed by atoms with Gasteiger partial charge in [0.2, 0.25) is 0 Å². The number of benzene rings is 4. The van der Waals surface area contributed by atoms with Crippen LogP contribution in [0.3, 0.4) is 0 Å². The molecule has 4 aromatic carbocycles. The molecule has 1 atom stereocenters. The third kappa shape index (κ3) is 2.91. The molecular formula is C26H21NO2. The van der Waals surface area contributed by atoms with Gasteiger partial charge in [0, 0.05) is 6.42 Å². The van der Waals surface area contributed by atoms with Crippen LogP contribution in [0.15, 0.2) is 97.1 Å². The summed E-state index contributed by atoms with van der Waals surface area (Å²) in [5.41, 5.74) is 2.08. The fraction of sp³-hybridized carbons (Fsp3) is 0.115. The molecule has 4 aromatic rings. The third-order valence-corrected chi connectivity index (χ3v) is 5.87. The van der Waals surface area contributed by atoms with Gasteiger partial charge in [-0.2, -0.15) is 0 Å². The van der Waals surface area contributed by atoms with Crippen LogP contribution in [0.4, 0.5) is 0 Å². The van der Waals surface area contributed by atoms with Crippen molar-refractivity contribution < 1.29 is 9.90 Å². The number of hydrogen-bond donors (Lipinski definition) is 2. The molecule has 3 heteroatoms. The number of aliphatic hydroxyl groups is 1. The highest BCUT2D eigenvalue weighted by Crippen LogP contribution is 2.42. The van der Waals surface area contributed by atoms with Gasteiger partial charge in [-0.25, -0.2) is 0 Å². The van der Waals surface area contributed by atoms with Crippen molar-refractivity contribution in [3.63, 3.8) is 0 Å². The second-order valence-electron chi connectivity index (χ2n) is 7.57. The SMILES string of the molecule is O=C1NC(CC(O)(c2ccccc2)c2ccccc2)c2ccc3ccccc3c21. The van der Waals surface area contributed by atoms with E-state index in [4.69, 9.17) is 0 Å². The van der Waals surface area contributed by atoms with Crippen molar-refractivity contribution in [1.29, 1.82) is 0 Å². The minimum Gasteiger partial charge on any atom is -0.380 e. The molecule has 0 fully saturated rings. The first kappa shape index (κ1) is 17.7. The minimum absolute atomic E-state index is 0.0785. The van der Waals surface area contributed by atoms with E-state index in [1.54, 1.807) is 0 Å². The predicted molar refractivity (Wildman–Crippen MR) is 115 cm³/mol. The van der Waals surface area contributed by atoms with Crippen LogP contribution in [0.1, 0.15) is 39.5 Å². The Balaban J connectivity index is 1.62. The zero-order valence-corrected chi connectivity index (χ0v) is 15.9. The topological polar surface area (TPSA) is 49.3 Å². The Morgan fingerprint density at radius 3 is 2.00 bits per heavy atom. The summed E-state index contributed by atoms with van der Waals surface area (Å²) in [5, 5.41) is 17.0. The molecule has 0 aliphatic carbocycles. The molecule has 142 valence electrons. The highest BCUT2D eigenvalue weighted by molar-refractivity contribution is 6.10. The second kappa shape index (κ2) is 6.87. The molecule has 1 unspecified atom stereocenters. The lowest BCUT2D eigenvalue weighted by molar-refractivity contribution is 0.0586. The molecule has 5 rings (SSSR count). The lowest BCUT2D eigenvalue weighted by Gasteiger charge is -2.32. The van der Waals surface area contributed by atoms with Gasteiger partial charge >= 0.3 is 0 Å². The third-order valence-electron chi connectivity index (χ3n) is 5.87. The van der Waals surface area contributed by atoms with Gasteiger partial charge in [-0.15, -0.1) is 0 Å². The van der Waals surface area contributed by atoms with Crippen LogP contribution < -0.4 is 5.32 Å². The van der Waals surface area contributed by atoms with Crippen LogP contribution in [0.2, 0.25) is 0 Å². The largest absolute Gasteiger partial charge is 0.380 e. The summed E-state index contributed by atoms with van der Waals surface area (Å²) in [7, 11) is 0. The van der Waals surface area contributed by atoms with E-state index >= 15 is 0 Å². The second-order valence-corrected chi connectivity index (χ2v) is 7.57. The Bertz CT molecular complexity index is 1150. The summed E-state index contributed by atoms with van der Waals surface area (Å²) >= 11 is 0. The van der Waals surface area contributed by atoms with Crippen molar-refractivity contribution in [2.45, 2.75) is 18.1 Å². The van der Waals surface area contributed by atoms with Gasteiger partial charge in [-0.05, 0) is 27.5 Å². The van der Waals surface area contributed by atoms with E-state index < -0.39 is 5.60 Å². The number of carbonyl (C=O) groups excluding carboxylic acids is 1. The van der Waals surface area contributed by atoms with Crippen molar-refractivity contribution in [3.8, 4) is 0 Å². The average molecular weight is 379 g/mol. The van der Waals surface area contributed by atoms with Crippen molar-refractivity contribution in [2.75, 3.05) is 0 Å². The summed E-state index contributed by atoms with van der Waals surface area (Å²) in [6, 6.07) is 31.0. The summed E-state index contributed by atoms with van der Waals surface area (Å²) in [5.74, 6) is -0.0785. The molecule has 1 aliphatic heterocycles. The molecule has 0 bridgehead atoms. The molecule has 1 amide bonds. The molecule has 0 aromatic heterocycles. The standard InChI is InChI=1S/C26H21NO2/c28-25-24-21-14-8-7-9-18(21)15-16-22(24)23(27-25)17-26(29,19-10-3-1-4-11-19)20-12-5-2-6-13-20/h1-16,23,29H,17H2,(H,27,28). The summed E-state index contributed by atoms with van der Waals surface area (Å²) in [6.45, 7) is 0. The Morgan fingerprint density at radius 2 is 1.34 bits per heavy atom. The van der Waals surface area contributed by atoms with E-state index in [2.05, 4.69) is 5.32 Å². The number of carbonyl (C=O) groups is 1. The van der Waals surface area contributed by atoms with E-state index in [-0.39, 0.29) is 11.9 Å². The van der Waals surface area contributed by atoms with Gasteiger partial charge < -0.3 is 10.4 Å². The van der Waals surface area contributed by atoms with Gasteiger partial charge in [0.05, 0.1) is 11.6 Å². The molecule has 0 spiro atoms. The van der Waals surface area contributed by atoms with E-state index in [0.717, 1.165) is 33.0 Å². The Labute approximate surface area is 169 Å². The lowest BCUT2D eigenvalue weighted by atomic mass is 9.80. The Morgan fingerprint density at radius 1 is 0.759 bits per heavy atom. The monoisotopic (exact) mass is 379 g/mol. The maximum atomic E-state index is 12.9. The van der Waals surface area contributed by atoms with E-state index in [1.165, 1.54) is 0 Å². The molecule has 2 N–H and O–H groups in total. The van der Waals surface area contributed by atoms with Crippen molar-refractivity contribution in [3.05, 3.63) is 119 Å². The maximum Gasteiger partial charge on any atom is 0.252 e. The first-order chi connectivity index (χ1) is 14.2. The zero-order chi connectivity index (χ0) is 19.8. The number of fused-ring (bicyclic) bond motifs is 3. The van der Waals surface area contributed by atoms with E-state index in [0.29, 0.717) is 6.42 Å². The fourth-order valence-electron chi connectivity index (χ4n) is 4.43.